The number of piperazine rings is 1. The van der Waals surface area contributed by atoms with Gasteiger partial charge in [0.15, 0.2) is 0 Å². The molecule has 2 heterocycles. The number of nitrogens with zero attached hydrogens (tertiary/aromatic N) is 3. The van der Waals surface area contributed by atoms with Crippen LogP contribution in [0, 0.1) is 5.82 Å². The third kappa shape index (κ3) is 5.03. The van der Waals surface area contributed by atoms with Crippen molar-refractivity contribution in [3.8, 4) is 0 Å². The van der Waals surface area contributed by atoms with Gasteiger partial charge < -0.3 is 4.90 Å². The first kappa shape index (κ1) is 19.7. The van der Waals surface area contributed by atoms with Gasteiger partial charge in [-0.1, -0.05) is 18.2 Å². The quantitative estimate of drug-likeness (QED) is 0.781. The monoisotopic (exact) mass is 392 g/mol. The van der Waals surface area contributed by atoms with Gasteiger partial charge in [-0.25, -0.2) is 17.5 Å². The Bertz CT molecular complexity index is 840. The van der Waals surface area contributed by atoms with Crippen LogP contribution in [-0.2, 0) is 10.0 Å². The molecule has 1 aliphatic rings. The van der Waals surface area contributed by atoms with Gasteiger partial charge in [0.05, 0.1) is 11.4 Å². The number of rotatable bonds is 7. The van der Waals surface area contributed by atoms with Gasteiger partial charge in [-0.3, -0.25) is 9.88 Å². The predicted octanol–water partition coefficient (Wildman–Crippen LogP) is 2.02. The Kier molecular flexibility index (Phi) is 6.41. The predicted molar refractivity (Wildman–Crippen MR) is 105 cm³/mol. The summed E-state index contributed by atoms with van der Waals surface area (Å²) >= 11 is 0. The fraction of sp³-hybridized carbons (Fsp3) is 0.421. The third-order valence-corrected chi connectivity index (χ3v) is 6.26. The molecule has 0 bridgehead atoms. The molecule has 6 nitrogen and oxygen atoms in total. The zero-order valence-corrected chi connectivity index (χ0v) is 16.2. The molecule has 146 valence electrons. The van der Waals surface area contributed by atoms with E-state index in [1.165, 1.54) is 6.07 Å². The second-order valence-electron chi connectivity index (χ2n) is 6.53. The highest BCUT2D eigenvalue weighted by molar-refractivity contribution is 7.89. The molecular formula is C19H25FN4O2S. The molecule has 1 fully saturated rings. The number of sulfonamides is 1. The van der Waals surface area contributed by atoms with E-state index in [1.807, 2.05) is 23.1 Å². The highest BCUT2D eigenvalue weighted by atomic mass is 32.2. The summed E-state index contributed by atoms with van der Waals surface area (Å²) in [6.45, 7) is 4.69. The lowest BCUT2D eigenvalue weighted by atomic mass is 10.1. The lowest BCUT2D eigenvalue weighted by Gasteiger charge is -2.40. The molecule has 1 saturated heterocycles. The molecule has 0 saturated carbocycles. The van der Waals surface area contributed by atoms with Crippen LogP contribution < -0.4 is 9.62 Å². The highest BCUT2D eigenvalue weighted by Gasteiger charge is 2.27. The Morgan fingerprint density at radius 2 is 1.89 bits per heavy atom. The zero-order valence-electron chi connectivity index (χ0n) is 15.4. The van der Waals surface area contributed by atoms with Gasteiger partial charge >= 0.3 is 0 Å². The molecule has 0 aliphatic carbocycles. The number of para-hydroxylation sites is 1. The highest BCUT2D eigenvalue weighted by Crippen LogP contribution is 2.25. The van der Waals surface area contributed by atoms with Gasteiger partial charge in [0.2, 0.25) is 10.0 Å². The van der Waals surface area contributed by atoms with E-state index in [0.717, 1.165) is 5.56 Å². The van der Waals surface area contributed by atoms with E-state index in [2.05, 4.69) is 14.6 Å². The van der Waals surface area contributed by atoms with Crippen LogP contribution >= 0.6 is 0 Å². The molecule has 0 amide bonds. The molecule has 8 heteroatoms. The van der Waals surface area contributed by atoms with Gasteiger partial charge in [-0.05, 0) is 30.7 Å². The molecule has 1 atom stereocenters. The number of halogens is 1. The van der Waals surface area contributed by atoms with Crippen molar-refractivity contribution in [1.82, 2.24) is 14.6 Å². The first-order valence-electron chi connectivity index (χ1n) is 9.11. The summed E-state index contributed by atoms with van der Waals surface area (Å²) in [5, 5.41) is 0. The summed E-state index contributed by atoms with van der Waals surface area (Å²) in [5.74, 6) is -0.168. The summed E-state index contributed by atoms with van der Waals surface area (Å²) < 4.78 is 40.5. The summed E-state index contributed by atoms with van der Waals surface area (Å²) in [4.78, 5) is 8.43. The summed E-state index contributed by atoms with van der Waals surface area (Å²) in [6, 6.07) is 10.5. The van der Waals surface area contributed by atoms with Crippen LogP contribution in [0.5, 0.6) is 0 Å². The molecule has 1 aromatic carbocycles. The first-order valence-corrected chi connectivity index (χ1v) is 10.8. The fourth-order valence-electron chi connectivity index (χ4n) is 3.32. The lowest BCUT2D eigenvalue weighted by Crippen LogP contribution is -2.50. The van der Waals surface area contributed by atoms with Gasteiger partial charge in [-0.2, -0.15) is 0 Å². The van der Waals surface area contributed by atoms with E-state index in [9.17, 15) is 12.8 Å². The largest absolute Gasteiger partial charge is 0.367 e. The van der Waals surface area contributed by atoms with E-state index < -0.39 is 10.0 Å². The Morgan fingerprint density at radius 3 is 2.52 bits per heavy atom. The first-order chi connectivity index (χ1) is 13.0. The molecule has 3 rings (SSSR count). The van der Waals surface area contributed by atoms with Crippen molar-refractivity contribution in [3.63, 3.8) is 0 Å². The standard InChI is InChI=1S/C19H25FN4O2S/c1-2-27(25,26)22-15-19(16-6-5-9-21-14-16)24-12-10-23(11-13-24)18-8-4-3-7-17(18)20/h3-9,14,19,22H,2,10-13,15H2,1H3/t19-/m0/s1. The van der Waals surface area contributed by atoms with E-state index in [-0.39, 0.29) is 17.6 Å². The van der Waals surface area contributed by atoms with Crippen LogP contribution in [0.25, 0.3) is 0 Å². The van der Waals surface area contributed by atoms with Crippen molar-refractivity contribution in [3.05, 3.63) is 60.2 Å². The van der Waals surface area contributed by atoms with Gasteiger partial charge in [0, 0.05) is 51.2 Å². The number of hydrogen-bond acceptors (Lipinski definition) is 5. The van der Waals surface area contributed by atoms with E-state index >= 15 is 0 Å². The lowest BCUT2D eigenvalue weighted by molar-refractivity contribution is 0.186. The smallest absolute Gasteiger partial charge is 0.211 e. The molecule has 0 unspecified atom stereocenters. The van der Waals surface area contributed by atoms with E-state index in [0.29, 0.717) is 38.4 Å². The van der Waals surface area contributed by atoms with Crippen molar-refractivity contribution in [2.45, 2.75) is 13.0 Å². The van der Waals surface area contributed by atoms with Gasteiger partial charge in [0.1, 0.15) is 5.82 Å². The third-order valence-electron chi connectivity index (χ3n) is 4.89. The molecule has 1 aromatic heterocycles. The molecule has 27 heavy (non-hydrogen) atoms. The Morgan fingerprint density at radius 1 is 1.15 bits per heavy atom. The molecule has 2 aromatic rings. The van der Waals surface area contributed by atoms with Crippen LogP contribution in [0.2, 0.25) is 0 Å². The second-order valence-corrected chi connectivity index (χ2v) is 8.62. The van der Waals surface area contributed by atoms with Crippen LogP contribution in [0.4, 0.5) is 10.1 Å². The van der Waals surface area contributed by atoms with E-state index in [1.54, 1.807) is 31.5 Å². The average Bonchev–Trinajstić information content (AvgIpc) is 2.70. The Hall–Kier alpha value is -2.03. The average molecular weight is 393 g/mol. The van der Waals surface area contributed by atoms with Crippen molar-refractivity contribution in [1.29, 1.82) is 0 Å². The minimum atomic E-state index is -3.28. The topological polar surface area (TPSA) is 65.5 Å². The number of nitrogens with one attached hydrogen (secondary N) is 1. The van der Waals surface area contributed by atoms with Crippen molar-refractivity contribution >= 4 is 15.7 Å². The number of anilines is 1. The Labute approximate surface area is 160 Å². The van der Waals surface area contributed by atoms with Crippen molar-refractivity contribution < 1.29 is 12.8 Å². The van der Waals surface area contributed by atoms with Gasteiger partial charge in [0.25, 0.3) is 0 Å². The Balaban J connectivity index is 1.71. The van der Waals surface area contributed by atoms with Crippen LogP contribution in [-0.4, -0.2) is 56.8 Å². The van der Waals surface area contributed by atoms with E-state index in [4.69, 9.17) is 0 Å². The maximum atomic E-state index is 14.0. The zero-order chi connectivity index (χ0) is 19.3. The normalized spacial score (nSPS) is 17.0. The van der Waals surface area contributed by atoms with Crippen LogP contribution in [0.15, 0.2) is 48.8 Å². The van der Waals surface area contributed by atoms with Crippen LogP contribution in [0.1, 0.15) is 18.5 Å². The van der Waals surface area contributed by atoms with Crippen molar-refractivity contribution in [2.24, 2.45) is 0 Å². The maximum Gasteiger partial charge on any atom is 0.211 e. The molecule has 0 radical (unpaired) electrons. The van der Waals surface area contributed by atoms with Gasteiger partial charge in [-0.15, -0.1) is 0 Å². The number of pyridine rings is 1. The van der Waals surface area contributed by atoms with Crippen LogP contribution in [0.3, 0.4) is 0 Å². The molecule has 0 spiro atoms. The number of benzene rings is 1. The fourth-order valence-corrected chi connectivity index (χ4v) is 3.94. The SMILES string of the molecule is CCS(=O)(=O)NC[C@@H](c1cccnc1)N1CCN(c2ccccc2F)CC1. The summed E-state index contributed by atoms with van der Waals surface area (Å²) in [5.41, 5.74) is 1.58. The second kappa shape index (κ2) is 8.77. The summed E-state index contributed by atoms with van der Waals surface area (Å²) in [7, 11) is -3.28. The minimum absolute atomic E-state index is 0.0494. The molecule has 1 N–H and O–H groups in total. The summed E-state index contributed by atoms with van der Waals surface area (Å²) in [6.07, 6.45) is 3.47. The molecule has 1 aliphatic heterocycles. The number of aromatic nitrogens is 1. The van der Waals surface area contributed by atoms with Crippen molar-refractivity contribution in [2.75, 3.05) is 43.4 Å². The number of hydrogen-bond donors (Lipinski definition) is 1. The minimum Gasteiger partial charge on any atom is -0.367 e. The molecular weight excluding hydrogens is 367 g/mol. The maximum absolute atomic E-state index is 14.0.